The minimum atomic E-state index is -3.58. The number of benzene rings is 2. The highest BCUT2D eigenvalue weighted by molar-refractivity contribution is 7.92. The topological polar surface area (TPSA) is 75.7 Å². The summed E-state index contributed by atoms with van der Waals surface area (Å²) in [6.45, 7) is 10.0. The number of carbonyl (C=O) groups excluding carboxylic acids is 1. The van der Waals surface area contributed by atoms with Gasteiger partial charge in [0.05, 0.1) is 24.5 Å². The molecular formula is C23H30N2O4S. The van der Waals surface area contributed by atoms with Crippen molar-refractivity contribution in [3.05, 3.63) is 59.2 Å². The number of carbonyl (C=O) groups is 1. The quantitative estimate of drug-likeness (QED) is 0.803. The lowest BCUT2D eigenvalue weighted by molar-refractivity contribution is -0.128. The molecule has 0 spiro atoms. The summed E-state index contributed by atoms with van der Waals surface area (Å²) in [4.78, 5) is 12.9. The molecule has 0 fully saturated rings. The SMILES string of the molecule is Cc1ccc([C@@H](C)NC(=O)[C@H]2CN(S(C)(=O)=O)c3cc(C(C)(C)C)ccc3O2)cc1. The first-order valence-corrected chi connectivity index (χ1v) is 11.9. The summed E-state index contributed by atoms with van der Waals surface area (Å²) in [7, 11) is -3.58. The van der Waals surface area contributed by atoms with Crippen molar-refractivity contribution < 1.29 is 17.9 Å². The van der Waals surface area contributed by atoms with Gasteiger partial charge in [0.2, 0.25) is 10.0 Å². The lowest BCUT2D eigenvalue weighted by Gasteiger charge is -2.35. The smallest absolute Gasteiger partial charge is 0.263 e. The van der Waals surface area contributed by atoms with Crippen LogP contribution in [0.1, 0.15) is 50.4 Å². The number of fused-ring (bicyclic) bond motifs is 1. The van der Waals surface area contributed by atoms with E-state index in [9.17, 15) is 13.2 Å². The van der Waals surface area contributed by atoms with Gasteiger partial charge in [-0.3, -0.25) is 9.10 Å². The predicted molar refractivity (Wildman–Crippen MR) is 119 cm³/mol. The van der Waals surface area contributed by atoms with Gasteiger partial charge in [-0.05, 0) is 42.5 Å². The van der Waals surface area contributed by atoms with Crippen LogP contribution in [0.4, 0.5) is 5.69 Å². The van der Waals surface area contributed by atoms with E-state index in [2.05, 4.69) is 26.1 Å². The molecule has 0 unspecified atom stereocenters. The number of hydrogen-bond acceptors (Lipinski definition) is 4. The van der Waals surface area contributed by atoms with Crippen LogP contribution in [0.3, 0.4) is 0 Å². The van der Waals surface area contributed by atoms with Crippen LogP contribution < -0.4 is 14.4 Å². The number of hydrogen-bond donors (Lipinski definition) is 1. The normalized spacial score (nSPS) is 17.7. The zero-order valence-corrected chi connectivity index (χ0v) is 19.2. The van der Waals surface area contributed by atoms with Gasteiger partial charge < -0.3 is 10.1 Å². The first-order valence-electron chi connectivity index (χ1n) is 10.0. The Balaban J connectivity index is 1.86. The van der Waals surface area contributed by atoms with Crippen LogP contribution in [-0.4, -0.2) is 33.2 Å². The third kappa shape index (κ3) is 4.78. The number of ether oxygens (including phenoxy) is 1. The molecule has 7 heteroatoms. The second-order valence-corrected chi connectivity index (χ2v) is 10.9. The van der Waals surface area contributed by atoms with Gasteiger partial charge in [-0.2, -0.15) is 0 Å². The highest BCUT2D eigenvalue weighted by Crippen LogP contribution is 2.38. The van der Waals surface area contributed by atoms with Crippen molar-refractivity contribution in [3.63, 3.8) is 0 Å². The van der Waals surface area contributed by atoms with E-state index in [0.29, 0.717) is 11.4 Å². The second-order valence-electron chi connectivity index (χ2n) is 8.97. The van der Waals surface area contributed by atoms with Gasteiger partial charge in [-0.1, -0.05) is 56.7 Å². The standard InChI is InChI=1S/C23H30N2O4S/c1-15-7-9-17(10-8-15)16(2)24-22(26)21-14-25(30(6,27)28)19-13-18(23(3,4)5)11-12-20(19)29-21/h7-13,16,21H,14H2,1-6H3,(H,24,26)/t16-,21-/m1/s1. The Bertz CT molecular complexity index is 1040. The van der Waals surface area contributed by atoms with E-state index >= 15 is 0 Å². The van der Waals surface area contributed by atoms with E-state index in [0.717, 1.165) is 22.9 Å². The van der Waals surface area contributed by atoms with Gasteiger partial charge in [-0.15, -0.1) is 0 Å². The predicted octanol–water partition coefficient (Wildman–Crippen LogP) is 3.70. The molecule has 0 radical (unpaired) electrons. The van der Waals surface area contributed by atoms with Crippen molar-refractivity contribution in [2.45, 2.75) is 52.2 Å². The van der Waals surface area contributed by atoms with Crippen LogP contribution in [0.2, 0.25) is 0 Å². The van der Waals surface area contributed by atoms with Gasteiger partial charge in [-0.25, -0.2) is 8.42 Å². The molecule has 0 saturated carbocycles. The van der Waals surface area contributed by atoms with E-state index in [-0.39, 0.29) is 23.9 Å². The highest BCUT2D eigenvalue weighted by Gasteiger charge is 2.36. The minimum Gasteiger partial charge on any atom is -0.476 e. The Morgan fingerprint density at radius 2 is 1.80 bits per heavy atom. The molecule has 1 aliphatic rings. The number of anilines is 1. The maximum atomic E-state index is 12.9. The lowest BCUT2D eigenvalue weighted by Crippen LogP contribution is -2.50. The molecular weight excluding hydrogens is 400 g/mol. The van der Waals surface area contributed by atoms with Gasteiger partial charge in [0.1, 0.15) is 5.75 Å². The Labute approximate surface area is 179 Å². The Kier molecular flexibility index (Phi) is 5.87. The number of amides is 1. The average molecular weight is 431 g/mol. The van der Waals surface area contributed by atoms with Gasteiger partial charge in [0.15, 0.2) is 6.10 Å². The average Bonchev–Trinajstić information content (AvgIpc) is 2.65. The van der Waals surface area contributed by atoms with Crippen molar-refractivity contribution in [2.24, 2.45) is 0 Å². The van der Waals surface area contributed by atoms with Crippen molar-refractivity contribution in [1.82, 2.24) is 5.32 Å². The third-order valence-corrected chi connectivity index (χ3v) is 6.47. The lowest BCUT2D eigenvalue weighted by atomic mass is 9.86. The van der Waals surface area contributed by atoms with E-state index in [1.807, 2.05) is 50.2 Å². The van der Waals surface area contributed by atoms with Crippen LogP contribution in [0.25, 0.3) is 0 Å². The van der Waals surface area contributed by atoms with Crippen molar-refractivity contribution in [2.75, 3.05) is 17.1 Å². The fourth-order valence-electron chi connectivity index (χ4n) is 3.41. The van der Waals surface area contributed by atoms with Crippen LogP contribution in [0.5, 0.6) is 5.75 Å². The molecule has 6 nitrogen and oxygen atoms in total. The van der Waals surface area contributed by atoms with E-state index in [4.69, 9.17) is 4.74 Å². The maximum absolute atomic E-state index is 12.9. The third-order valence-electron chi connectivity index (χ3n) is 5.32. The number of rotatable bonds is 4. The molecule has 3 rings (SSSR count). The summed E-state index contributed by atoms with van der Waals surface area (Å²) < 4.78 is 32.2. The molecule has 1 heterocycles. The van der Waals surface area contributed by atoms with Gasteiger partial charge >= 0.3 is 0 Å². The summed E-state index contributed by atoms with van der Waals surface area (Å²) in [5.41, 5.74) is 3.44. The Hall–Kier alpha value is -2.54. The molecule has 0 saturated heterocycles. The fourth-order valence-corrected chi connectivity index (χ4v) is 4.32. The summed E-state index contributed by atoms with van der Waals surface area (Å²) in [5, 5.41) is 2.94. The molecule has 1 aliphatic heterocycles. The molecule has 1 amide bonds. The number of aryl methyl sites for hydroxylation is 1. The van der Waals surface area contributed by atoms with E-state index in [1.165, 1.54) is 4.31 Å². The number of nitrogens with zero attached hydrogens (tertiary/aromatic N) is 1. The second kappa shape index (κ2) is 7.95. The molecule has 162 valence electrons. The van der Waals surface area contributed by atoms with E-state index in [1.54, 1.807) is 6.07 Å². The molecule has 2 atom stereocenters. The summed E-state index contributed by atoms with van der Waals surface area (Å²) in [5.74, 6) is 0.0464. The molecule has 2 aromatic carbocycles. The van der Waals surface area contributed by atoms with Crippen LogP contribution >= 0.6 is 0 Å². The summed E-state index contributed by atoms with van der Waals surface area (Å²) >= 11 is 0. The largest absolute Gasteiger partial charge is 0.476 e. The highest BCUT2D eigenvalue weighted by atomic mass is 32.2. The van der Waals surface area contributed by atoms with Crippen molar-refractivity contribution >= 4 is 21.6 Å². The zero-order valence-electron chi connectivity index (χ0n) is 18.4. The Morgan fingerprint density at radius 1 is 1.17 bits per heavy atom. The number of sulfonamides is 1. The number of nitrogens with one attached hydrogen (secondary N) is 1. The maximum Gasteiger partial charge on any atom is 0.263 e. The Morgan fingerprint density at radius 3 is 2.37 bits per heavy atom. The monoisotopic (exact) mass is 430 g/mol. The fraction of sp³-hybridized carbons (Fsp3) is 0.435. The van der Waals surface area contributed by atoms with Crippen LogP contribution in [0.15, 0.2) is 42.5 Å². The van der Waals surface area contributed by atoms with Crippen LogP contribution in [-0.2, 0) is 20.2 Å². The zero-order chi connectivity index (χ0) is 22.3. The molecule has 0 aliphatic carbocycles. The van der Waals surface area contributed by atoms with Gasteiger partial charge in [0.25, 0.3) is 5.91 Å². The van der Waals surface area contributed by atoms with Crippen molar-refractivity contribution in [3.8, 4) is 5.75 Å². The minimum absolute atomic E-state index is 0.0636. The summed E-state index contributed by atoms with van der Waals surface area (Å²) in [6.07, 6.45) is 0.219. The summed E-state index contributed by atoms with van der Waals surface area (Å²) in [6, 6.07) is 13.2. The molecule has 0 bridgehead atoms. The first kappa shape index (κ1) is 22.2. The molecule has 0 aromatic heterocycles. The van der Waals surface area contributed by atoms with E-state index < -0.39 is 16.1 Å². The van der Waals surface area contributed by atoms with Crippen LogP contribution in [0, 0.1) is 6.92 Å². The van der Waals surface area contributed by atoms with Crippen molar-refractivity contribution in [1.29, 1.82) is 0 Å². The molecule has 30 heavy (non-hydrogen) atoms. The first-order chi connectivity index (χ1) is 13.9. The van der Waals surface area contributed by atoms with Gasteiger partial charge in [0, 0.05) is 0 Å². The molecule has 1 N–H and O–H groups in total. The molecule has 2 aromatic rings.